The van der Waals surface area contributed by atoms with Crippen molar-refractivity contribution in [1.82, 2.24) is 46.1 Å². The van der Waals surface area contributed by atoms with E-state index in [9.17, 15) is 48.4 Å². The lowest BCUT2D eigenvalue weighted by Crippen LogP contribution is -2.73. The van der Waals surface area contributed by atoms with Crippen molar-refractivity contribution in [1.29, 1.82) is 0 Å². The molecular weight excluding hydrogens is 986 g/mol. The molecule has 24 nitrogen and oxygen atoms in total. The molecule has 6 rings (SSSR count). The largest absolute Gasteiger partial charge is 0.605 e. The lowest BCUT2D eigenvalue weighted by atomic mass is 9.57. The standard InChI is InChI=1S/C25H32BN5O6.C19H25BN4O4.C6H11NO4/c1-4-31-15-22(32)36-26(31,37-23(33)16-31)21(12-17(2)3)30-24(34)19(13-18-8-6-5-7-9-18)29-25(35)20-14-27-10-11-28-20;1-13(2)10-17(20(27)28)24-18(25)15(11-14-6-4-3-5-7-14)23-19(26)16-12-21-8-9-22-16;1-2-7(3-5(8)9)4-6(10)11/h5-11,14,17,19,21H,4,12-13,15-16H2,1-3H3,(H,29,35)(H,30,34);3-9,12-13,15,17,27-28H,10-11H2,1-2H3,(H,23,26)(H,24,25);2-4H2,1H3,(H,8,9)(H,10,11)/t19-,21-,26?,31?;15-,17-;/m00./s1. The van der Waals surface area contributed by atoms with Crippen LogP contribution in [0.15, 0.2) is 97.8 Å². The van der Waals surface area contributed by atoms with Crippen molar-refractivity contribution in [3.05, 3.63) is 120 Å². The van der Waals surface area contributed by atoms with E-state index in [-0.39, 0.29) is 66.6 Å². The molecule has 0 unspecified atom stereocenters. The normalized spacial score (nSPS) is 17.9. The highest BCUT2D eigenvalue weighted by atomic mass is 16.7. The van der Waals surface area contributed by atoms with Crippen LogP contribution in [0, 0.1) is 11.8 Å². The number of aliphatic carboxylic acids is 2. The number of rotatable bonds is 24. The Balaban J connectivity index is 0.000000282. The van der Waals surface area contributed by atoms with Gasteiger partial charge in [-0.25, -0.2) is 9.97 Å². The molecule has 2 aromatic carbocycles. The van der Waals surface area contributed by atoms with Crippen LogP contribution in [0.4, 0.5) is 0 Å². The summed E-state index contributed by atoms with van der Waals surface area (Å²) in [6, 6.07) is 16.6. The van der Waals surface area contributed by atoms with Gasteiger partial charge in [-0.05, 0) is 49.3 Å². The third kappa shape index (κ3) is 18.3. The lowest BCUT2D eigenvalue weighted by Gasteiger charge is -2.47. The summed E-state index contributed by atoms with van der Waals surface area (Å²) < 4.78 is 11.6. The molecule has 2 aliphatic rings. The maximum atomic E-state index is 13.8. The van der Waals surface area contributed by atoms with Crippen LogP contribution in [0.3, 0.4) is 0 Å². The number of hydrogen-bond acceptors (Lipinski definition) is 17. The van der Waals surface area contributed by atoms with E-state index in [4.69, 9.17) is 19.5 Å². The van der Waals surface area contributed by atoms with E-state index in [1.165, 1.54) is 42.1 Å². The van der Waals surface area contributed by atoms with Crippen molar-refractivity contribution in [3.63, 3.8) is 0 Å². The fourth-order valence-corrected chi connectivity index (χ4v) is 8.80. The molecule has 2 fully saturated rings. The summed E-state index contributed by atoms with van der Waals surface area (Å²) in [5.74, 6) is -6.38. The number of carbonyl (C=O) groups is 8. The SMILES string of the molecule is CC(C)C[C@H](NC(=O)[C@H](Cc1ccccc1)NC(=O)c1cnccn1)B(O)O.CCN(CC(=O)O)CC(=O)O.CC[N+]12CC(=O)O[B-]1([C@H](CC(C)C)NC(=O)[C@H](Cc1ccccc1)NC(=O)c1cnccn1)OC(=O)C2. The zero-order valence-corrected chi connectivity index (χ0v) is 43.5. The number of aromatic nitrogens is 4. The van der Waals surface area contributed by atoms with Crippen molar-refractivity contribution in [2.75, 3.05) is 39.3 Å². The van der Waals surface area contributed by atoms with E-state index in [1.54, 1.807) is 6.92 Å². The first kappa shape index (κ1) is 60.9. The number of nitrogens with one attached hydrogen (secondary N) is 4. The Bertz CT molecular complexity index is 2520. The second-order valence-corrected chi connectivity index (χ2v) is 19.2. The van der Waals surface area contributed by atoms with Gasteiger partial charge < -0.3 is 55.2 Å². The Hall–Kier alpha value is -7.67. The maximum absolute atomic E-state index is 13.8. The zero-order chi connectivity index (χ0) is 56.0. The number of nitrogens with zero attached hydrogens (tertiary/aromatic N) is 6. The summed E-state index contributed by atoms with van der Waals surface area (Å²) in [7, 11) is -1.69. The highest BCUT2D eigenvalue weighted by molar-refractivity contribution is 6.68. The van der Waals surface area contributed by atoms with Crippen molar-refractivity contribution in [2.45, 2.75) is 91.2 Å². The van der Waals surface area contributed by atoms with Crippen LogP contribution < -0.4 is 21.3 Å². The molecule has 2 aromatic heterocycles. The predicted octanol–water partition coefficient (Wildman–Crippen LogP) is 0.615. The van der Waals surface area contributed by atoms with E-state index in [2.05, 4.69) is 41.2 Å². The summed E-state index contributed by atoms with van der Waals surface area (Å²) >= 11 is 0. The second-order valence-electron chi connectivity index (χ2n) is 19.2. The Morgan fingerprint density at radius 1 is 0.658 bits per heavy atom. The van der Waals surface area contributed by atoms with Crippen LogP contribution >= 0.6 is 0 Å². The minimum Gasteiger partial charge on any atom is -0.599 e. The molecule has 76 heavy (non-hydrogen) atoms. The summed E-state index contributed by atoms with van der Waals surface area (Å²) in [4.78, 5) is 114. The highest BCUT2D eigenvalue weighted by Gasteiger charge is 2.70. The number of carboxylic acids is 2. The van der Waals surface area contributed by atoms with Gasteiger partial charge >= 0.3 is 37.7 Å². The molecule has 4 aromatic rings. The number of likely N-dealkylation sites (N-methyl/N-ethyl adjacent to an activating group) is 2. The van der Waals surface area contributed by atoms with Gasteiger partial charge in [-0.3, -0.25) is 53.2 Å². The smallest absolute Gasteiger partial charge is 0.599 e. The molecule has 4 amide bonds. The molecule has 26 heteroatoms. The van der Waals surface area contributed by atoms with Gasteiger partial charge in [-0.15, -0.1) is 0 Å². The second kappa shape index (κ2) is 29.4. The van der Waals surface area contributed by atoms with Gasteiger partial charge in [-0.1, -0.05) is 95.3 Å². The van der Waals surface area contributed by atoms with E-state index >= 15 is 0 Å². The quantitative estimate of drug-likeness (QED) is 0.0446. The maximum Gasteiger partial charge on any atom is 0.605 e. The molecule has 408 valence electrons. The van der Waals surface area contributed by atoms with Crippen LogP contribution in [0.25, 0.3) is 0 Å². The number of amides is 4. The summed E-state index contributed by atoms with van der Waals surface area (Å²) in [6.45, 7) is 9.25. The molecule has 8 N–H and O–H groups in total. The van der Waals surface area contributed by atoms with Crippen LogP contribution in [0.2, 0.25) is 0 Å². The minimum atomic E-state index is -2.53. The first-order chi connectivity index (χ1) is 36.1. The first-order valence-corrected chi connectivity index (χ1v) is 24.9. The first-order valence-electron chi connectivity index (χ1n) is 24.9. The predicted molar refractivity (Wildman–Crippen MR) is 276 cm³/mol. The van der Waals surface area contributed by atoms with E-state index < -0.39 is 85.3 Å². The van der Waals surface area contributed by atoms with Crippen LogP contribution in [0.1, 0.15) is 86.5 Å². The number of quaternary nitrogens is 1. The molecule has 4 heterocycles. The third-order valence-electron chi connectivity index (χ3n) is 12.4. The molecular formula is C50H68B2N10O14. The van der Waals surface area contributed by atoms with Crippen LogP contribution in [-0.2, 0) is 50.9 Å². The molecule has 4 atom stereocenters. The van der Waals surface area contributed by atoms with Crippen molar-refractivity contribution < 1.29 is 72.3 Å². The Labute approximate surface area is 441 Å². The molecule has 0 radical (unpaired) electrons. The number of hydrogen-bond donors (Lipinski definition) is 8. The number of carboxylic acid groups (broad SMARTS) is 2. The van der Waals surface area contributed by atoms with E-state index in [1.807, 2.05) is 95.3 Å². The fraction of sp³-hybridized carbons (Fsp3) is 0.440. The molecule has 0 aliphatic carbocycles. The molecule has 2 saturated heterocycles. The van der Waals surface area contributed by atoms with Gasteiger partial charge in [0.2, 0.25) is 11.8 Å². The van der Waals surface area contributed by atoms with Gasteiger partial charge in [0.05, 0.1) is 37.4 Å². The van der Waals surface area contributed by atoms with Gasteiger partial charge in [0, 0.05) is 44.2 Å². The third-order valence-corrected chi connectivity index (χ3v) is 12.4. The van der Waals surface area contributed by atoms with E-state index in [0.717, 1.165) is 11.1 Å². The van der Waals surface area contributed by atoms with Crippen molar-refractivity contribution in [3.8, 4) is 0 Å². The van der Waals surface area contributed by atoms with Crippen LogP contribution in [-0.4, -0.2) is 174 Å². The zero-order valence-electron chi connectivity index (χ0n) is 43.5. The Kier molecular flexibility index (Phi) is 23.6. The number of benzene rings is 2. The molecule has 0 saturated carbocycles. The van der Waals surface area contributed by atoms with Gasteiger partial charge in [0.1, 0.15) is 36.6 Å². The summed E-state index contributed by atoms with van der Waals surface area (Å²) in [5.41, 5.74) is 1.86. The summed E-state index contributed by atoms with van der Waals surface area (Å²) in [5, 5.41) is 46.8. The number of carbonyl (C=O) groups excluding carboxylic acids is 6. The fourth-order valence-electron chi connectivity index (χ4n) is 8.80. The molecule has 2 aliphatic heterocycles. The lowest BCUT2D eigenvalue weighted by molar-refractivity contribution is -0.814. The molecule has 0 bridgehead atoms. The average molecular weight is 1050 g/mol. The average Bonchev–Trinajstić information content (AvgIpc) is 3.83. The molecule has 0 spiro atoms. The van der Waals surface area contributed by atoms with Crippen LogP contribution in [0.5, 0.6) is 0 Å². The Morgan fingerprint density at radius 2 is 1.09 bits per heavy atom. The van der Waals surface area contributed by atoms with Gasteiger partial charge in [0.15, 0.2) is 0 Å². The highest BCUT2D eigenvalue weighted by Crippen LogP contribution is 2.39. The monoisotopic (exact) mass is 1050 g/mol. The van der Waals surface area contributed by atoms with E-state index in [0.29, 0.717) is 25.9 Å². The van der Waals surface area contributed by atoms with Gasteiger partial charge in [0.25, 0.3) is 11.8 Å². The topological polar surface area (TPSA) is 339 Å². The summed E-state index contributed by atoms with van der Waals surface area (Å²) in [6.07, 6.45) is 9.56. The van der Waals surface area contributed by atoms with Crippen molar-refractivity contribution >= 4 is 61.3 Å². The van der Waals surface area contributed by atoms with Crippen molar-refractivity contribution in [2.24, 2.45) is 11.8 Å². The number of fused-ring (bicyclic) bond motifs is 1. The Morgan fingerprint density at radius 3 is 1.45 bits per heavy atom. The minimum absolute atomic E-state index is 0.00353. The van der Waals surface area contributed by atoms with Gasteiger partial charge in [-0.2, -0.15) is 0 Å².